The van der Waals surface area contributed by atoms with Gasteiger partial charge in [-0.05, 0) is 103 Å². The number of aliphatic imine (C=N–C) groups is 1. The summed E-state index contributed by atoms with van der Waals surface area (Å²) in [6.07, 6.45) is 1.59. The van der Waals surface area contributed by atoms with Crippen molar-refractivity contribution in [2.75, 3.05) is 6.61 Å². The van der Waals surface area contributed by atoms with Gasteiger partial charge in [-0.25, -0.2) is 9.79 Å². The van der Waals surface area contributed by atoms with Gasteiger partial charge in [-0.2, -0.15) is 0 Å². The fourth-order valence-corrected chi connectivity index (χ4v) is 3.75. The van der Waals surface area contributed by atoms with Crippen LogP contribution in [0.2, 0.25) is 0 Å². The van der Waals surface area contributed by atoms with Crippen molar-refractivity contribution in [1.82, 2.24) is 0 Å². The molecule has 0 radical (unpaired) electrons. The highest BCUT2D eigenvalue weighted by Gasteiger charge is 2.25. The summed E-state index contributed by atoms with van der Waals surface area (Å²) in [4.78, 5) is 28.0. The molecule has 1 heterocycles. The highest BCUT2D eigenvalue weighted by atomic mass is 127. The third-order valence-electron chi connectivity index (χ3n) is 3.67. The molecule has 3 rings (SSSR count). The molecule has 0 amide bonds. The average Bonchev–Trinajstić information content (AvgIpc) is 3.01. The van der Waals surface area contributed by atoms with Crippen LogP contribution in [-0.4, -0.2) is 24.4 Å². The Hall–Kier alpha value is -1.72. The van der Waals surface area contributed by atoms with E-state index in [4.69, 9.17) is 14.2 Å². The van der Waals surface area contributed by atoms with Crippen molar-refractivity contribution in [3.63, 3.8) is 0 Å². The summed E-state index contributed by atoms with van der Waals surface area (Å²) in [5.41, 5.74) is 1.48. The van der Waals surface area contributed by atoms with Crippen LogP contribution in [0.3, 0.4) is 0 Å². The smallest absolute Gasteiger partial charge is 0.363 e. The fraction of sp³-hybridized carbons (Fsp3) is 0.150. The molecule has 1 aliphatic heterocycles. The summed E-state index contributed by atoms with van der Waals surface area (Å²) in [6, 6.07) is 8.95. The van der Waals surface area contributed by atoms with Crippen molar-refractivity contribution in [3.8, 4) is 11.5 Å². The maximum absolute atomic E-state index is 12.3. The Kier molecular flexibility index (Phi) is 7.12. The number of hydrogen-bond acceptors (Lipinski definition) is 6. The van der Waals surface area contributed by atoms with Crippen LogP contribution < -0.4 is 9.47 Å². The quantitative estimate of drug-likeness (QED) is 0.188. The van der Waals surface area contributed by atoms with E-state index in [9.17, 15) is 9.59 Å². The number of nitrogens with zero attached hydrogens (tertiary/aromatic N) is 1. The summed E-state index contributed by atoms with van der Waals surface area (Å²) < 4.78 is 18.5. The number of esters is 2. The van der Waals surface area contributed by atoms with E-state index < -0.39 is 11.9 Å². The lowest BCUT2D eigenvalue weighted by Gasteiger charge is -2.12. The number of benzene rings is 2. The maximum Gasteiger partial charge on any atom is 0.363 e. The van der Waals surface area contributed by atoms with Gasteiger partial charge >= 0.3 is 11.9 Å². The van der Waals surface area contributed by atoms with Crippen LogP contribution in [0, 0.1) is 3.57 Å². The molecule has 0 saturated heterocycles. The third kappa shape index (κ3) is 5.26. The Morgan fingerprint density at radius 3 is 2.66 bits per heavy atom. The number of carbonyl (C=O) groups excluding carboxylic acids is 2. The standard InChI is InChI=1S/C20H14Br2INO5/c1-3-27-17-8-11(6-14(22)18(17)28-10(2)25)7-16-20(26)29-19(24-16)12-4-5-15(23)13(21)9-12/h4-9H,3H2,1-2H3/b16-7-. The van der Waals surface area contributed by atoms with Gasteiger partial charge in [-0.3, -0.25) is 4.79 Å². The zero-order chi connectivity index (χ0) is 21.1. The molecule has 6 nitrogen and oxygen atoms in total. The van der Waals surface area contributed by atoms with Crippen LogP contribution >= 0.6 is 54.5 Å². The maximum atomic E-state index is 12.3. The number of carbonyl (C=O) groups is 2. The minimum Gasteiger partial charge on any atom is -0.490 e. The molecule has 0 bridgehead atoms. The predicted molar refractivity (Wildman–Crippen MR) is 124 cm³/mol. The van der Waals surface area contributed by atoms with E-state index in [1.165, 1.54) is 6.92 Å². The SMILES string of the molecule is CCOc1cc(/C=C2\N=C(c3ccc(I)c(Br)c3)OC2=O)cc(Br)c1OC(C)=O. The molecule has 29 heavy (non-hydrogen) atoms. The normalized spacial score (nSPS) is 14.6. The van der Waals surface area contributed by atoms with Crippen LogP contribution in [0.4, 0.5) is 0 Å². The van der Waals surface area contributed by atoms with E-state index in [2.05, 4.69) is 59.4 Å². The first kappa shape index (κ1) is 22.0. The van der Waals surface area contributed by atoms with E-state index in [-0.39, 0.29) is 17.3 Å². The van der Waals surface area contributed by atoms with Crippen LogP contribution in [0.25, 0.3) is 6.08 Å². The summed E-state index contributed by atoms with van der Waals surface area (Å²) in [7, 11) is 0. The van der Waals surface area contributed by atoms with Crippen LogP contribution in [0.1, 0.15) is 25.0 Å². The number of halogens is 3. The molecule has 0 unspecified atom stereocenters. The average molecular weight is 635 g/mol. The number of hydrogen-bond donors (Lipinski definition) is 0. The van der Waals surface area contributed by atoms with Gasteiger partial charge in [0, 0.05) is 20.5 Å². The van der Waals surface area contributed by atoms with Gasteiger partial charge in [-0.1, -0.05) is 0 Å². The van der Waals surface area contributed by atoms with Gasteiger partial charge in [0.05, 0.1) is 11.1 Å². The Bertz CT molecular complexity index is 1070. The van der Waals surface area contributed by atoms with E-state index in [0.29, 0.717) is 28.0 Å². The second kappa shape index (κ2) is 9.40. The number of ether oxygens (including phenoxy) is 3. The molecule has 2 aromatic rings. The molecule has 150 valence electrons. The van der Waals surface area contributed by atoms with Gasteiger partial charge in [0.1, 0.15) is 0 Å². The van der Waals surface area contributed by atoms with Crippen molar-refractivity contribution < 1.29 is 23.8 Å². The lowest BCUT2D eigenvalue weighted by Crippen LogP contribution is -2.06. The minimum atomic E-state index is -0.548. The monoisotopic (exact) mass is 633 g/mol. The Labute approximate surface area is 197 Å². The Balaban J connectivity index is 1.98. The topological polar surface area (TPSA) is 74.2 Å². The minimum absolute atomic E-state index is 0.157. The van der Waals surface area contributed by atoms with Gasteiger partial charge < -0.3 is 14.2 Å². The van der Waals surface area contributed by atoms with Gasteiger partial charge in [0.2, 0.25) is 5.90 Å². The molecule has 9 heteroatoms. The largest absolute Gasteiger partial charge is 0.490 e. The van der Waals surface area contributed by atoms with E-state index in [1.54, 1.807) is 18.2 Å². The van der Waals surface area contributed by atoms with E-state index in [1.807, 2.05) is 25.1 Å². The second-order valence-corrected chi connectivity index (χ2v) is 8.69. The number of rotatable bonds is 5. The Morgan fingerprint density at radius 2 is 2.00 bits per heavy atom. The molecule has 0 saturated carbocycles. The fourth-order valence-electron chi connectivity index (χ4n) is 2.50. The van der Waals surface area contributed by atoms with E-state index >= 15 is 0 Å². The van der Waals surface area contributed by atoms with E-state index in [0.717, 1.165) is 8.04 Å². The lowest BCUT2D eigenvalue weighted by atomic mass is 10.1. The molecule has 1 aliphatic rings. The Morgan fingerprint density at radius 1 is 1.24 bits per heavy atom. The molecule has 0 spiro atoms. The molecule has 2 aromatic carbocycles. The molecule has 0 N–H and O–H groups in total. The summed E-state index contributed by atoms with van der Waals surface area (Å²) >= 11 is 9.04. The first-order valence-electron chi connectivity index (χ1n) is 8.41. The molecular weight excluding hydrogens is 621 g/mol. The molecule has 0 fully saturated rings. The van der Waals surface area contributed by atoms with Crippen molar-refractivity contribution >= 4 is 78.4 Å². The zero-order valence-electron chi connectivity index (χ0n) is 15.3. The first-order valence-corrected chi connectivity index (χ1v) is 11.1. The van der Waals surface area contributed by atoms with Crippen LogP contribution in [0.15, 0.2) is 50.0 Å². The highest BCUT2D eigenvalue weighted by Crippen LogP contribution is 2.38. The third-order valence-corrected chi connectivity index (χ3v) is 6.59. The summed E-state index contributed by atoms with van der Waals surface area (Å²) in [5, 5.41) is 0. The van der Waals surface area contributed by atoms with Gasteiger partial charge in [-0.15, -0.1) is 0 Å². The first-order chi connectivity index (χ1) is 13.8. The van der Waals surface area contributed by atoms with Crippen molar-refractivity contribution in [2.45, 2.75) is 13.8 Å². The van der Waals surface area contributed by atoms with Crippen molar-refractivity contribution in [1.29, 1.82) is 0 Å². The predicted octanol–water partition coefficient (Wildman–Crippen LogP) is 5.48. The molecule has 0 aliphatic carbocycles. The number of cyclic esters (lactones) is 1. The van der Waals surface area contributed by atoms with Crippen molar-refractivity contribution in [3.05, 3.63) is 59.7 Å². The van der Waals surface area contributed by atoms with Gasteiger partial charge in [0.15, 0.2) is 17.2 Å². The second-order valence-electron chi connectivity index (χ2n) is 5.82. The molecular formula is C20H14Br2INO5. The van der Waals surface area contributed by atoms with Gasteiger partial charge in [0.25, 0.3) is 0 Å². The summed E-state index contributed by atoms with van der Waals surface area (Å²) in [6.45, 7) is 3.51. The summed E-state index contributed by atoms with van der Waals surface area (Å²) in [5.74, 6) is -0.119. The van der Waals surface area contributed by atoms with Crippen LogP contribution in [0.5, 0.6) is 11.5 Å². The molecule has 0 aromatic heterocycles. The van der Waals surface area contributed by atoms with Crippen LogP contribution in [-0.2, 0) is 14.3 Å². The van der Waals surface area contributed by atoms with Crippen molar-refractivity contribution in [2.24, 2.45) is 4.99 Å². The highest BCUT2D eigenvalue weighted by molar-refractivity contribution is 14.1. The zero-order valence-corrected chi connectivity index (χ0v) is 20.6. The lowest BCUT2D eigenvalue weighted by molar-refractivity contribution is -0.132. The molecule has 0 atom stereocenters.